The fourth-order valence-electron chi connectivity index (χ4n) is 6.03. The summed E-state index contributed by atoms with van der Waals surface area (Å²) in [6, 6.07) is 10.1. The van der Waals surface area contributed by atoms with Crippen LogP contribution in [0.1, 0.15) is 30.1 Å². The van der Waals surface area contributed by atoms with Gasteiger partial charge in [0.2, 0.25) is 5.91 Å². The number of nitrogens with zero attached hydrogens (tertiary/aromatic N) is 6. The normalized spacial score (nSPS) is 19.2. The number of hydrogen-bond acceptors (Lipinski definition) is 10. The van der Waals surface area contributed by atoms with E-state index >= 15 is 0 Å². The van der Waals surface area contributed by atoms with Crippen molar-refractivity contribution < 1.29 is 18.8 Å². The highest BCUT2D eigenvalue weighted by molar-refractivity contribution is 6.36. The van der Waals surface area contributed by atoms with Crippen molar-refractivity contribution in [3.63, 3.8) is 0 Å². The first-order valence-electron chi connectivity index (χ1n) is 14.3. The Morgan fingerprint density at radius 2 is 1.73 bits per heavy atom. The van der Waals surface area contributed by atoms with Crippen LogP contribution in [0.3, 0.4) is 0 Å². The number of nitrogens with two attached hydrogens (primary N) is 3. The lowest BCUT2D eigenvalue weighted by atomic mass is 9.71. The number of ketones is 1. The zero-order valence-electron chi connectivity index (χ0n) is 24.4. The highest BCUT2D eigenvalue weighted by atomic mass is 19.1. The monoisotopic (exact) mass is 610 g/mol. The fraction of sp³-hybridized carbons (Fsp3) is 0.258. The second-order valence-corrected chi connectivity index (χ2v) is 11.2. The van der Waals surface area contributed by atoms with Gasteiger partial charge < -0.3 is 27.4 Å². The largest absolute Gasteiger partial charge is 0.383 e. The highest BCUT2D eigenvalue weighted by Crippen LogP contribution is 2.39. The van der Waals surface area contributed by atoms with Crippen LogP contribution in [-0.2, 0) is 19.8 Å². The molecule has 13 nitrogen and oxygen atoms in total. The van der Waals surface area contributed by atoms with E-state index in [2.05, 4.69) is 25.6 Å². The molecule has 7 N–H and O–H groups in total. The fourth-order valence-corrected chi connectivity index (χ4v) is 6.03. The number of anilines is 1. The van der Waals surface area contributed by atoms with E-state index in [1.807, 2.05) is 16.9 Å². The summed E-state index contributed by atoms with van der Waals surface area (Å²) in [5.74, 6) is -3.04. The lowest BCUT2D eigenvalue weighted by Gasteiger charge is -2.39. The predicted molar refractivity (Wildman–Crippen MR) is 163 cm³/mol. The third kappa shape index (κ3) is 5.18. The number of pyridine rings is 1. The van der Waals surface area contributed by atoms with E-state index in [1.54, 1.807) is 18.5 Å². The van der Waals surface area contributed by atoms with Crippen LogP contribution in [0.2, 0.25) is 0 Å². The van der Waals surface area contributed by atoms with Crippen LogP contribution >= 0.6 is 0 Å². The van der Waals surface area contributed by atoms with Crippen molar-refractivity contribution in [2.24, 2.45) is 11.5 Å². The first-order chi connectivity index (χ1) is 21.6. The molecular formula is C31H31FN10O3. The quantitative estimate of drug-likeness (QED) is 0.220. The summed E-state index contributed by atoms with van der Waals surface area (Å²) in [6.07, 6.45) is 7.40. The highest BCUT2D eigenvalue weighted by Gasteiger charge is 2.54. The van der Waals surface area contributed by atoms with Gasteiger partial charge in [0.25, 0.3) is 5.91 Å². The van der Waals surface area contributed by atoms with E-state index in [-0.39, 0.29) is 34.9 Å². The molecule has 230 valence electrons. The minimum absolute atomic E-state index is 0.0373. The van der Waals surface area contributed by atoms with E-state index in [1.165, 1.54) is 30.1 Å². The number of allylic oxidation sites excluding steroid dienone is 1. The molecule has 0 radical (unpaired) electrons. The molecule has 2 aliphatic heterocycles. The lowest BCUT2D eigenvalue weighted by Crippen LogP contribution is -2.59. The second kappa shape index (κ2) is 11.5. The number of aromatic nitrogens is 5. The molecule has 1 atom stereocenters. The van der Waals surface area contributed by atoms with Crippen molar-refractivity contribution in [3.8, 4) is 22.4 Å². The Balaban J connectivity index is 1.37. The third-order valence-corrected chi connectivity index (χ3v) is 8.41. The number of halogens is 1. The number of nitrogens with one attached hydrogen (secondary N) is 1. The molecule has 14 heteroatoms. The third-order valence-electron chi connectivity index (χ3n) is 8.41. The molecule has 1 saturated heterocycles. The molecule has 1 aromatic carbocycles. The number of hydrogen-bond donors (Lipinski definition) is 4. The number of primary amides is 2. The number of rotatable bonds is 7. The summed E-state index contributed by atoms with van der Waals surface area (Å²) in [6.45, 7) is 1.56. The Morgan fingerprint density at radius 1 is 1.00 bits per heavy atom. The van der Waals surface area contributed by atoms with Gasteiger partial charge in [0, 0.05) is 42.7 Å². The van der Waals surface area contributed by atoms with Crippen LogP contribution in [0.4, 0.5) is 10.2 Å². The molecule has 3 aromatic heterocycles. The molecule has 2 amide bonds. The smallest absolute Gasteiger partial charge is 0.265 e. The van der Waals surface area contributed by atoms with Crippen molar-refractivity contribution in [1.29, 1.82) is 0 Å². The van der Waals surface area contributed by atoms with Gasteiger partial charge >= 0.3 is 0 Å². The van der Waals surface area contributed by atoms with Crippen LogP contribution < -0.4 is 22.5 Å². The van der Waals surface area contributed by atoms with Gasteiger partial charge in [-0.1, -0.05) is 12.1 Å². The molecule has 0 bridgehead atoms. The van der Waals surface area contributed by atoms with Crippen LogP contribution in [0.15, 0.2) is 66.8 Å². The molecule has 5 heterocycles. The number of amides is 2. The predicted octanol–water partition coefficient (Wildman–Crippen LogP) is 1.18. The Morgan fingerprint density at radius 3 is 2.38 bits per heavy atom. The van der Waals surface area contributed by atoms with Gasteiger partial charge in [-0.3, -0.25) is 19.1 Å². The number of likely N-dealkylation sites (N-methyl/N-ethyl adjacent to an activating group) is 1. The van der Waals surface area contributed by atoms with Crippen molar-refractivity contribution in [2.45, 2.75) is 24.3 Å². The molecule has 6 rings (SSSR count). The Labute approximate surface area is 257 Å². The second-order valence-electron chi connectivity index (χ2n) is 11.2. The number of Topliss-reactive ketones (excluding diaryl/α,β-unsaturated/α-hetero) is 1. The van der Waals surface area contributed by atoms with Crippen molar-refractivity contribution in [3.05, 3.63) is 83.8 Å². The van der Waals surface area contributed by atoms with Gasteiger partial charge in [-0.15, -0.1) is 0 Å². The van der Waals surface area contributed by atoms with Gasteiger partial charge in [0.05, 0.1) is 29.2 Å². The van der Waals surface area contributed by atoms with Gasteiger partial charge in [-0.05, 0) is 61.8 Å². The van der Waals surface area contributed by atoms with E-state index in [0.29, 0.717) is 17.3 Å². The molecular weight excluding hydrogens is 579 g/mol. The van der Waals surface area contributed by atoms with E-state index < -0.39 is 28.8 Å². The number of carbonyl (C=O) groups is 3. The molecule has 1 unspecified atom stereocenters. The van der Waals surface area contributed by atoms with Crippen LogP contribution in [-0.4, -0.2) is 74.1 Å². The SMILES string of the molecule is CN1CC(C(N)=O)(c2ccc(-c3cc(-c4cnn(C5CCNCC5)c4)cnc3N)nn2)C(=O)C(c2ccc(F)cc2)=C1C(N)=O. The average Bonchev–Trinajstić information content (AvgIpc) is 3.53. The number of piperidine rings is 1. The van der Waals surface area contributed by atoms with Crippen molar-refractivity contribution in [2.75, 3.05) is 32.4 Å². The van der Waals surface area contributed by atoms with Crippen LogP contribution in [0, 0.1) is 5.82 Å². The standard InChI is InChI=1S/C31H31FN10O3/c1-41-16-31(30(35)45,27(43)25(26(41)29(34)44)17-2-4-20(32)5-3-17)24-7-6-23(39-40-24)22-12-18(13-37-28(22)33)19-14-38-42(15-19)21-8-10-36-11-9-21/h2-7,12-15,21,36H,8-11,16H2,1H3,(H2,33,37)(H2,34,44)(H2,35,45). The first kappa shape index (κ1) is 29.6. The summed E-state index contributed by atoms with van der Waals surface area (Å²) in [7, 11) is 1.50. The van der Waals surface area contributed by atoms with Gasteiger partial charge in [-0.2, -0.15) is 15.3 Å². The van der Waals surface area contributed by atoms with Crippen molar-refractivity contribution in [1.82, 2.24) is 35.2 Å². The summed E-state index contributed by atoms with van der Waals surface area (Å²) < 4.78 is 15.7. The minimum atomic E-state index is -2.03. The maximum absolute atomic E-state index is 14.2. The molecule has 0 saturated carbocycles. The van der Waals surface area contributed by atoms with Crippen LogP contribution in [0.5, 0.6) is 0 Å². The molecule has 2 aliphatic rings. The maximum atomic E-state index is 14.2. The molecule has 4 aromatic rings. The summed E-state index contributed by atoms with van der Waals surface area (Å²) in [5.41, 5.74) is 18.1. The van der Waals surface area contributed by atoms with E-state index in [9.17, 15) is 18.8 Å². The zero-order chi connectivity index (χ0) is 31.9. The topological polar surface area (TPSA) is 201 Å². The van der Waals surface area contributed by atoms with Crippen molar-refractivity contribution >= 4 is 29.0 Å². The van der Waals surface area contributed by atoms with E-state index in [4.69, 9.17) is 17.2 Å². The van der Waals surface area contributed by atoms with Gasteiger partial charge in [0.15, 0.2) is 11.2 Å². The molecule has 0 spiro atoms. The van der Waals surface area contributed by atoms with Crippen LogP contribution in [0.25, 0.3) is 28.0 Å². The number of benzene rings is 1. The zero-order valence-corrected chi connectivity index (χ0v) is 24.4. The molecule has 45 heavy (non-hydrogen) atoms. The van der Waals surface area contributed by atoms with E-state index in [0.717, 1.165) is 49.2 Å². The summed E-state index contributed by atoms with van der Waals surface area (Å²) in [4.78, 5) is 45.5. The Kier molecular flexibility index (Phi) is 7.58. The minimum Gasteiger partial charge on any atom is -0.383 e. The Bertz CT molecular complexity index is 1830. The lowest BCUT2D eigenvalue weighted by molar-refractivity contribution is -0.134. The average molecular weight is 611 g/mol. The molecule has 1 fully saturated rings. The Hall–Kier alpha value is -5.50. The van der Waals surface area contributed by atoms with Gasteiger partial charge in [0.1, 0.15) is 17.3 Å². The maximum Gasteiger partial charge on any atom is 0.265 e. The summed E-state index contributed by atoms with van der Waals surface area (Å²) in [5, 5.41) is 16.5. The number of nitrogen functional groups attached to an aromatic ring is 1. The summed E-state index contributed by atoms with van der Waals surface area (Å²) >= 11 is 0. The number of carbonyl (C=O) groups excluding carboxylic acids is 3. The molecule has 0 aliphatic carbocycles. The van der Waals surface area contributed by atoms with Gasteiger partial charge in [-0.25, -0.2) is 9.37 Å². The first-order valence-corrected chi connectivity index (χ1v) is 14.3.